The Hall–Kier alpha value is -1.04. The van der Waals surface area contributed by atoms with Crippen LogP contribution in [0, 0.1) is 0 Å². The molecule has 1 saturated heterocycles. The minimum Gasteiger partial charge on any atom is -0.475 e. The van der Waals surface area contributed by atoms with E-state index < -0.39 is 12.1 Å². The summed E-state index contributed by atoms with van der Waals surface area (Å²) in [4.78, 5) is 8.90. The highest BCUT2D eigenvalue weighted by molar-refractivity contribution is 5.73. The highest BCUT2D eigenvalue weighted by atomic mass is 19.4. The first-order valence-corrected chi connectivity index (χ1v) is 5.41. The van der Waals surface area contributed by atoms with Gasteiger partial charge in [0.05, 0.1) is 0 Å². The van der Waals surface area contributed by atoms with E-state index in [0.29, 0.717) is 0 Å². The Balaban J connectivity index is 0.000000325. The van der Waals surface area contributed by atoms with Gasteiger partial charge in [-0.25, -0.2) is 4.79 Å². The molecule has 1 aliphatic heterocycles. The van der Waals surface area contributed by atoms with Gasteiger partial charge in [0.15, 0.2) is 0 Å². The van der Waals surface area contributed by atoms with E-state index in [1.807, 2.05) is 0 Å². The van der Waals surface area contributed by atoms with Crippen molar-refractivity contribution in [3.8, 4) is 0 Å². The van der Waals surface area contributed by atoms with Crippen LogP contribution < -0.4 is 5.32 Å². The lowest BCUT2D eigenvalue weighted by molar-refractivity contribution is -0.192. The minimum atomic E-state index is -5.08. The monoisotopic (exact) mass is 253 g/mol. The first-order valence-electron chi connectivity index (χ1n) is 5.41. The molecule has 1 aliphatic rings. The first-order chi connectivity index (χ1) is 7.73. The molecule has 3 nitrogen and oxygen atoms in total. The van der Waals surface area contributed by atoms with Crippen molar-refractivity contribution in [1.82, 2.24) is 5.32 Å². The maximum absolute atomic E-state index is 10.6. The molecule has 100 valence electrons. The summed E-state index contributed by atoms with van der Waals surface area (Å²) in [5.41, 5.74) is 1.31. The van der Waals surface area contributed by atoms with Crippen LogP contribution in [-0.4, -0.2) is 29.8 Å². The molecule has 0 aromatic heterocycles. The number of piperidine rings is 1. The second-order valence-electron chi connectivity index (χ2n) is 4.11. The zero-order valence-electron chi connectivity index (χ0n) is 9.81. The lowest BCUT2D eigenvalue weighted by Crippen LogP contribution is -2.33. The number of carbonyl (C=O) groups is 1. The number of rotatable bonds is 2. The topological polar surface area (TPSA) is 49.3 Å². The molecule has 0 spiro atoms. The summed E-state index contributed by atoms with van der Waals surface area (Å²) in [5, 5.41) is 10.6. The number of nitrogens with one attached hydrogen (secondary N) is 1. The van der Waals surface area contributed by atoms with E-state index in [1.54, 1.807) is 0 Å². The van der Waals surface area contributed by atoms with Crippen LogP contribution in [0.4, 0.5) is 13.2 Å². The van der Waals surface area contributed by atoms with E-state index >= 15 is 0 Å². The second kappa shape index (κ2) is 7.32. The van der Waals surface area contributed by atoms with Gasteiger partial charge in [0.1, 0.15) is 0 Å². The summed E-state index contributed by atoms with van der Waals surface area (Å²) in [6.45, 7) is 7.22. The Morgan fingerprint density at radius 3 is 2.29 bits per heavy atom. The third-order valence-electron chi connectivity index (χ3n) is 2.25. The third-order valence-corrected chi connectivity index (χ3v) is 2.25. The van der Waals surface area contributed by atoms with Crippen molar-refractivity contribution in [3.05, 3.63) is 12.2 Å². The van der Waals surface area contributed by atoms with Crippen LogP contribution in [0.5, 0.6) is 0 Å². The molecule has 0 aromatic rings. The molecule has 6 heteroatoms. The second-order valence-corrected chi connectivity index (χ2v) is 4.11. The van der Waals surface area contributed by atoms with Crippen molar-refractivity contribution in [3.63, 3.8) is 0 Å². The smallest absolute Gasteiger partial charge is 0.475 e. The molecule has 0 unspecified atom stereocenters. The van der Waals surface area contributed by atoms with Crippen molar-refractivity contribution >= 4 is 5.97 Å². The van der Waals surface area contributed by atoms with Crippen LogP contribution in [-0.2, 0) is 4.79 Å². The van der Waals surface area contributed by atoms with Crippen molar-refractivity contribution in [2.75, 3.05) is 6.54 Å². The lowest BCUT2D eigenvalue weighted by atomic mass is 9.99. The fraction of sp³-hybridized carbons (Fsp3) is 0.727. The van der Waals surface area contributed by atoms with Crippen LogP contribution in [0.3, 0.4) is 0 Å². The van der Waals surface area contributed by atoms with Gasteiger partial charge in [-0.1, -0.05) is 12.0 Å². The highest BCUT2D eigenvalue weighted by Gasteiger charge is 2.38. The van der Waals surface area contributed by atoms with Crippen molar-refractivity contribution in [2.24, 2.45) is 0 Å². The standard InChI is InChI=1S/C9H17N.C2HF3O2/c1-8(2)7-9-5-3-4-6-10-9;3-2(4,5)1(6)7/h9-10H,1,3-7H2,2H3;(H,6,7)/t9-;/m0./s1. The quantitative estimate of drug-likeness (QED) is 0.744. The highest BCUT2D eigenvalue weighted by Crippen LogP contribution is 2.13. The van der Waals surface area contributed by atoms with E-state index in [4.69, 9.17) is 9.90 Å². The van der Waals surface area contributed by atoms with Gasteiger partial charge in [0.25, 0.3) is 0 Å². The van der Waals surface area contributed by atoms with Crippen LogP contribution in [0.2, 0.25) is 0 Å². The molecule has 17 heavy (non-hydrogen) atoms. The van der Waals surface area contributed by atoms with Crippen molar-refractivity contribution in [1.29, 1.82) is 0 Å². The average Bonchev–Trinajstić information content (AvgIpc) is 2.17. The fourth-order valence-electron chi connectivity index (χ4n) is 1.52. The van der Waals surface area contributed by atoms with Crippen molar-refractivity contribution < 1.29 is 23.1 Å². The van der Waals surface area contributed by atoms with E-state index in [-0.39, 0.29) is 0 Å². The number of halogens is 3. The predicted molar refractivity (Wildman–Crippen MR) is 58.8 cm³/mol. The van der Waals surface area contributed by atoms with Gasteiger partial charge in [-0.05, 0) is 32.7 Å². The maximum Gasteiger partial charge on any atom is 0.490 e. The van der Waals surface area contributed by atoms with Crippen molar-refractivity contribution in [2.45, 2.75) is 44.8 Å². The molecule has 1 atom stereocenters. The summed E-state index contributed by atoms with van der Waals surface area (Å²) in [5.74, 6) is -2.76. The van der Waals surface area contributed by atoms with Gasteiger partial charge in [-0.2, -0.15) is 13.2 Å². The van der Waals surface area contributed by atoms with Gasteiger partial charge in [-0.3, -0.25) is 0 Å². The number of hydrogen-bond acceptors (Lipinski definition) is 2. The van der Waals surface area contributed by atoms with Crippen LogP contribution in [0.25, 0.3) is 0 Å². The molecule has 0 bridgehead atoms. The minimum absolute atomic E-state index is 0.728. The molecule has 2 N–H and O–H groups in total. The Labute approximate surface area is 98.7 Å². The van der Waals surface area contributed by atoms with Gasteiger partial charge in [0, 0.05) is 6.04 Å². The number of carboxylic acid groups (broad SMARTS) is 1. The molecule has 0 aromatic carbocycles. The van der Waals surface area contributed by atoms with E-state index in [2.05, 4.69) is 18.8 Å². The zero-order valence-corrected chi connectivity index (χ0v) is 9.81. The molecule has 0 radical (unpaired) electrons. The van der Waals surface area contributed by atoms with Crippen LogP contribution in [0.1, 0.15) is 32.6 Å². The van der Waals surface area contributed by atoms with Crippen LogP contribution >= 0.6 is 0 Å². The van der Waals surface area contributed by atoms with Crippen LogP contribution in [0.15, 0.2) is 12.2 Å². The summed E-state index contributed by atoms with van der Waals surface area (Å²) in [6, 6.07) is 0.728. The van der Waals surface area contributed by atoms with Gasteiger partial charge < -0.3 is 10.4 Å². The predicted octanol–water partition coefficient (Wildman–Crippen LogP) is 2.73. The fourth-order valence-corrected chi connectivity index (χ4v) is 1.52. The number of hydrogen-bond donors (Lipinski definition) is 2. The molecular formula is C11H18F3NO2. The molecule has 1 rings (SSSR count). The Kier molecular flexibility index (Phi) is 6.87. The molecule has 0 aliphatic carbocycles. The number of carboxylic acids is 1. The largest absolute Gasteiger partial charge is 0.490 e. The molecule has 0 amide bonds. The molecule has 0 saturated carbocycles. The summed E-state index contributed by atoms with van der Waals surface area (Å²) >= 11 is 0. The number of aliphatic carboxylic acids is 1. The number of alkyl halides is 3. The average molecular weight is 253 g/mol. The molecule has 1 fully saturated rings. The maximum atomic E-state index is 10.6. The van der Waals surface area contributed by atoms with Gasteiger partial charge in [-0.15, -0.1) is 6.58 Å². The van der Waals surface area contributed by atoms with E-state index in [1.165, 1.54) is 37.8 Å². The summed E-state index contributed by atoms with van der Waals surface area (Å²) < 4.78 is 31.7. The molecular weight excluding hydrogens is 235 g/mol. The Bertz CT molecular complexity index is 258. The lowest BCUT2D eigenvalue weighted by Gasteiger charge is -2.23. The summed E-state index contributed by atoms with van der Waals surface area (Å²) in [7, 11) is 0. The van der Waals surface area contributed by atoms with E-state index in [9.17, 15) is 13.2 Å². The van der Waals surface area contributed by atoms with E-state index in [0.717, 1.165) is 6.04 Å². The third kappa shape index (κ3) is 8.74. The Morgan fingerprint density at radius 1 is 1.47 bits per heavy atom. The van der Waals surface area contributed by atoms with Gasteiger partial charge in [0.2, 0.25) is 0 Å². The SMILES string of the molecule is C=C(C)C[C@@H]1CCCCN1.O=C(O)C(F)(F)F. The Morgan fingerprint density at radius 2 is 2.00 bits per heavy atom. The first kappa shape index (κ1) is 16.0. The summed E-state index contributed by atoms with van der Waals surface area (Å²) in [6.07, 6.45) is 0.171. The normalized spacial score (nSPS) is 20.1. The zero-order chi connectivity index (χ0) is 13.5. The molecule has 1 heterocycles. The van der Waals surface area contributed by atoms with Gasteiger partial charge >= 0.3 is 12.1 Å².